The van der Waals surface area contributed by atoms with Gasteiger partial charge in [-0.2, -0.15) is 0 Å². The lowest BCUT2D eigenvalue weighted by atomic mass is 10.1. The van der Waals surface area contributed by atoms with E-state index in [-0.39, 0.29) is 17.3 Å². The smallest absolute Gasteiger partial charge is 0.253 e. The van der Waals surface area contributed by atoms with Crippen LogP contribution in [0.25, 0.3) is 0 Å². The molecule has 0 aliphatic heterocycles. The van der Waals surface area contributed by atoms with E-state index >= 15 is 0 Å². The predicted octanol–water partition coefficient (Wildman–Crippen LogP) is 4.13. The highest BCUT2D eigenvalue weighted by Gasteiger charge is 2.14. The highest BCUT2D eigenvalue weighted by Crippen LogP contribution is 2.20. The Balaban J connectivity index is 2.73. The summed E-state index contributed by atoms with van der Waals surface area (Å²) in [5.74, 6) is -0.234. The summed E-state index contributed by atoms with van der Waals surface area (Å²) in [6, 6.07) is 4.79. The number of hydrogen-bond acceptors (Lipinski definition) is 1. The van der Waals surface area contributed by atoms with Crippen LogP contribution in [0.4, 0.5) is 0 Å². The maximum atomic E-state index is 11.9. The Labute approximate surface area is 116 Å². The average Bonchev–Trinajstić information content (AvgIpc) is 2.20. The van der Waals surface area contributed by atoms with Gasteiger partial charge in [-0.3, -0.25) is 4.79 Å². The van der Waals surface area contributed by atoms with Crippen LogP contribution in [0.1, 0.15) is 30.6 Å². The lowest BCUT2D eigenvalue weighted by Gasteiger charge is -2.15. The number of hydrogen-bond donors (Lipinski definition) is 1. The van der Waals surface area contributed by atoms with Crippen molar-refractivity contribution in [3.63, 3.8) is 0 Å². The zero-order valence-corrected chi connectivity index (χ0v) is 11.9. The van der Waals surface area contributed by atoms with Crippen LogP contribution in [0.2, 0.25) is 10.0 Å². The Hall–Kier alpha value is -0.440. The van der Waals surface area contributed by atoms with Gasteiger partial charge in [-0.1, -0.05) is 23.2 Å². The molecule has 17 heavy (non-hydrogen) atoms. The first-order chi connectivity index (χ1) is 7.90. The molecule has 0 radical (unpaired) electrons. The van der Waals surface area contributed by atoms with Gasteiger partial charge in [0, 0.05) is 16.4 Å². The molecule has 0 fully saturated rings. The summed E-state index contributed by atoms with van der Waals surface area (Å²) in [6.45, 7) is 3.78. The Morgan fingerprint density at radius 3 is 2.59 bits per heavy atom. The third-order valence-corrected chi connectivity index (χ3v) is 2.97. The second-order valence-corrected chi connectivity index (χ2v) is 5.60. The molecule has 0 aliphatic rings. The molecule has 0 aliphatic carbocycles. The van der Waals surface area contributed by atoms with Crippen LogP contribution < -0.4 is 5.32 Å². The highest BCUT2D eigenvalue weighted by atomic mass is 35.5. The van der Waals surface area contributed by atoms with E-state index < -0.39 is 0 Å². The van der Waals surface area contributed by atoms with E-state index in [4.69, 9.17) is 34.8 Å². The lowest BCUT2D eigenvalue weighted by molar-refractivity contribution is 0.0938. The quantitative estimate of drug-likeness (QED) is 0.831. The van der Waals surface area contributed by atoms with Crippen molar-refractivity contribution in [1.82, 2.24) is 5.32 Å². The van der Waals surface area contributed by atoms with Crippen molar-refractivity contribution in [1.29, 1.82) is 0 Å². The largest absolute Gasteiger partial charge is 0.349 e. The normalized spacial score (nSPS) is 14.2. The van der Waals surface area contributed by atoms with Gasteiger partial charge in [-0.25, -0.2) is 0 Å². The third kappa shape index (κ3) is 4.74. The van der Waals surface area contributed by atoms with Gasteiger partial charge in [0.1, 0.15) is 0 Å². The first-order valence-corrected chi connectivity index (χ1v) is 6.49. The van der Waals surface area contributed by atoms with Crippen molar-refractivity contribution in [2.45, 2.75) is 31.7 Å². The fraction of sp³-hybridized carbons (Fsp3) is 0.417. The SMILES string of the molecule is CC(Cl)CC(C)NC(=O)c1cc(Cl)ccc1Cl. The van der Waals surface area contributed by atoms with E-state index in [9.17, 15) is 4.79 Å². The lowest BCUT2D eigenvalue weighted by Crippen LogP contribution is -2.34. The fourth-order valence-electron chi connectivity index (χ4n) is 1.52. The minimum Gasteiger partial charge on any atom is -0.349 e. The molecule has 5 heteroatoms. The zero-order valence-electron chi connectivity index (χ0n) is 9.64. The number of carbonyl (C=O) groups excluding carboxylic acids is 1. The maximum Gasteiger partial charge on any atom is 0.253 e. The van der Waals surface area contributed by atoms with Crippen LogP contribution in [-0.4, -0.2) is 17.3 Å². The van der Waals surface area contributed by atoms with Crippen molar-refractivity contribution < 1.29 is 4.79 Å². The summed E-state index contributed by atoms with van der Waals surface area (Å²) in [5, 5.41) is 3.71. The van der Waals surface area contributed by atoms with Crippen molar-refractivity contribution >= 4 is 40.7 Å². The van der Waals surface area contributed by atoms with Crippen LogP contribution in [0.3, 0.4) is 0 Å². The molecule has 0 aromatic heterocycles. The van der Waals surface area contributed by atoms with Gasteiger partial charge in [0.25, 0.3) is 5.91 Å². The second kappa shape index (κ2) is 6.48. The highest BCUT2D eigenvalue weighted by molar-refractivity contribution is 6.35. The Morgan fingerprint density at radius 1 is 1.35 bits per heavy atom. The van der Waals surface area contributed by atoms with E-state index in [0.717, 1.165) is 0 Å². The van der Waals surface area contributed by atoms with Gasteiger partial charge in [0.05, 0.1) is 10.6 Å². The Kier molecular flexibility index (Phi) is 5.57. The minimum absolute atomic E-state index is 0.00921. The van der Waals surface area contributed by atoms with E-state index in [2.05, 4.69) is 5.32 Å². The van der Waals surface area contributed by atoms with E-state index in [1.54, 1.807) is 18.2 Å². The molecule has 0 heterocycles. The summed E-state index contributed by atoms with van der Waals surface area (Å²) < 4.78 is 0. The van der Waals surface area contributed by atoms with Gasteiger partial charge in [0.2, 0.25) is 0 Å². The number of alkyl halides is 1. The summed E-state index contributed by atoms with van der Waals surface area (Å²) in [7, 11) is 0. The number of amides is 1. The first kappa shape index (κ1) is 14.6. The summed E-state index contributed by atoms with van der Waals surface area (Å²) in [6.07, 6.45) is 0.700. The van der Waals surface area contributed by atoms with E-state index in [1.165, 1.54) is 0 Å². The molecule has 1 rings (SSSR count). The first-order valence-electron chi connectivity index (χ1n) is 5.30. The molecule has 2 atom stereocenters. The molecule has 0 bridgehead atoms. The van der Waals surface area contributed by atoms with Crippen LogP contribution in [0, 0.1) is 0 Å². The molecule has 1 aromatic carbocycles. The molecular formula is C12H14Cl3NO. The monoisotopic (exact) mass is 293 g/mol. The summed E-state index contributed by atoms with van der Waals surface area (Å²) >= 11 is 17.6. The third-order valence-electron chi connectivity index (χ3n) is 2.23. The fourth-order valence-corrected chi connectivity index (χ4v) is 2.16. The van der Waals surface area contributed by atoms with Gasteiger partial charge in [-0.15, -0.1) is 11.6 Å². The van der Waals surface area contributed by atoms with Gasteiger partial charge >= 0.3 is 0 Å². The van der Waals surface area contributed by atoms with Crippen LogP contribution >= 0.6 is 34.8 Å². The number of nitrogens with one attached hydrogen (secondary N) is 1. The summed E-state index contributed by atoms with van der Waals surface area (Å²) in [5.41, 5.74) is 0.383. The van der Waals surface area contributed by atoms with Crippen molar-refractivity contribution in [3.8, 4) is 0 Å². The van der Waals surface area contributed by atoms with Crippen LogP contribution in [0.15, 0.2) is 18.2 Å². The molecular weight excluding hydrogens is 280 g/mol. The maximum absolute atomic E-state index is 11.9. The van der Waals surface area contributed by atoms with Crippen molar-refractivity contribution in [2.24, 2.45) is 0 Å². The molecule has 2 nitrogen and oxygen atoms in total. The standard InChI is InChI=1S/C12H14Cl3NO/c1-7(13)5-8(2)16-12(17)10-6-9(14)3-4-11(10)15/h3-4,6-8H,5H2,1-2H3,(H,16,17). The van der Waals surface area contributed by atoms with Crippen LogP contribution in [0.5, 0.6) is 0 Å². The van der Waals surface area contributed by atoms with E-state index in [0.29, 0.717) is 22.0 Å². The average molecular weight is 295 g/mol. The Morgan fingerprint density at radius 2 is 2.00 bits per heavy atom. The molecule has 94 valence electrons. The van der Waals surface area contributed by atoms with Gasteiger partial charge < -0.3 is 5.32 Å². The van der Waals surface area contributed by atoms with Crippen LogP contribution in [-0.2, 0) is 0 Å². The van der Waals surface area contributed by atoms with Gasteiger partial charge in [0.15, 0.2) is 0 Å². The number of benzene rings is 1. The molecule has 0 saturated carbocycles. The number of rotatable bonds is 4. The van der Waals surface area contributed by atoms with Gasteiger partial charge in [-0.05, 0) is 38.5 Å². The zero-order chi connectivity index (χ0) is 13.0. The molecule has 2 unspecified atom stereocenters. The number of halogens is 3. The van der Waals surface area contributed by atoms with Crippen molar-refractivity contribution in [3.05, 3.63) is 33.8 Å². The molecule has 1 N–H and O–H groups in total. The van der Waals surface area contributed by atoms with Crippen molar-refractivity contribution in [2.75, 3.05) is 0 Å². The molecule has 1 amide bonds. The predicted molar refractivity (Wildman–Crippen MR) is 73.3 cm³/mol. The Bertz CT molecular complexity index is 407. The molecule has 1 aromatic rings. The number of carbonyl (C=O) groups is 1. The minimum atomic E-state index is -0.234. The summed E-state index contributed by atoms with van der Waals surface area (Å²) in [4.78, 5) is 11.9. The molecule has 0 saturated heterocycles. The topological polar surface area (TPSA) is 29.1 Å². The second-order valence-electron chi connectivity index (χ2n) is 4.02. The molecule has 0 spiro atoms. The van der Waals surface area contributed by atoms with E-state index in [1.807, 2.05) is 13.8 Å².